The van der Waals surface area contributed by atoms with E-state index in [1.807, 2.05) is 30.0 Å². The fourth-order valence-corrected chi connectivity index (χ4v) is 3.21. The fraction of sp³-hybridized carbons (Fsp3) is 0.526. The zero-order valence-electron chi connectivity index (χ0n) is 16.2. The van der Waals surface area contributed by atoms with E-state index in [1.165, 1.54) is 32.4 Å². The van der Waals surface area contributed by atoms with Crippen molar-refractivity contribution < 1.29 is 0 Å². The first-order valence-electron chi connectivity index (χ1n) is 9.38. The van der Waals surface area contributed by atoms with Gasteiger partial charge in [-0.2, -0.15) is 0 Å². The van der Waals surface area contributed by atoms with Crippen molar-refractivity contribution in [2.24, 2.45) is 4.99 Å². The molecule has 27 heavy (non-hydrogen) atoms. The van der Waals surface area contributed by atoms with Crippen molar-refractivity contribution in [1.29, 1.82) is 0 Å². The molecule has 148 valence electrons. The van der Waals surface area contributed by atoms with Crippen LogP contribution in [0.2, 0.25) is 0 Å². The molecule has 1 aliphatic heterocycles. The highest BCUT2D eigenvalue weighted by molar-refractivity contribution is 14.0. The molecule has 0 amide bonds. The van der Waals surface area contributed by atoms with Crippen LogP contribution in [0.25, 0.3) is 5.82 Å². The third kappa shape index (κ3) is 6.46. The van der Waals surface area contributed by atoms with Gasteiger partial charge in [-0.25, -0.2) is 9.97 Å². The second-order valence-corrected chi connectivity index (χ2v) is 6.62. The van der Waals surface area contributed by atoms with E-state index in [2.05, 4.69) is 36.6 Å². The van der Waals surface area contributed by atoms with Crippen molar-refractivity contribution in [3.8, 4) is 5.82 Å². The third-order valence-corrected chi connectivity index (χ3v) is 4.73. The topological polar surface area (TPSA) is 70.4 Å². The van der Waals surface area contributed by atoms with E-state index >= 15 is 0 Å². The minimum Gasteiger partial charge on any atom is -0.355 e. The molecule has 7 nitrogen and oxygen atoms in total. The van der Waals surface area contributed by atoms with Gasteiger partial charge in [0.15, 0.2) is 5.96 Å². The molecular weight excluding hydrogens is 453 g/mol. The number of hydrogen-bond donors (Lipinski definition) is 2. The van der Waals surface area contributed by atoms with Gasteiger partial charge >= 0.3 is 0 Å². The van der Waals surface area contributed by atoms with E-state index < -0.39 is 0 Å². The van der Waals surface area contributed by atoms with E-state index in [1.54, 1.807) is 13.2 Å². The number of guanidine groups is 1. The highest BCUT2D eigenvalue weighted by Gasteiger charge is 2.09. The number of nitrogens with zero attached hydrogens (tertiary/aromatic N) is 5. The first-order valence-corrected chi connectivity index (χ1v) is 9.38. The summed E-state index contributed by atoms with van der Waals surface area (Å²) in [5, 5.41) is 6.74. The number of hydrogen-bond acceptors (Lipinski definition) is 4. The number of rotatable bonds is 6. The van der Waals surface area contributed by atoms with Crippen molar-refractivity contribution in [2.45, 2.75) is 32.7 Å². The lowest BCUT2D eigenvalue weighted by molar-refractivity contribution is 0.232. The zero-order valence-corrected chi connectivity index (χ0v) is 18.5. The van der Waals surface area contributed by atoms with E-state index in [9.17, 15) is 0 Å². The number of piperidine rings is 1. The van der Waals surface area contributed by atoms with Gasteiger partial charge in [0.2, 0.25) is 0 Å². The van der Waals surface area contributed by atoms with E-state index in [0.717, 1.165) is 36.3 Å². The molecule has 1 fully saturated rings. The summed E-state index contributed by atoms with van der Waals surface area (Å²) in [5.74, 6) is 2.64. The maximum Gasteiger partial charge on any atom is 0.191 e. The van der Waals surface area contributed by atoms with Crippen LogP contribution in [0.15, 0.2) is 35.7 Å². The quantitative estimate of drug-likeness (QED) is 0.375. The summed E-state index contributed by atoms with van der Waals surface area (Å²) in [5.41, 5.74) is 1.12. The molecule has 0 unspecified atom stereocenters. The Labute approximate surface area is 178 Å². The number of aliphatic imine (C=N–C) groups is 1. The van der Waals surface area contributed by atoms with Gasteiger partial charge in [0.1, 0.15) is 11.6 Å². The number of aryl methyl sites for hydroxylation is 1. The van der Waals surface area contributed by atoms with Gasteiger partial charge < -0.3 is 15.5 Å². The molecule has 3 rings (SSSR count). The molecule has 2 aromatic heterocycles. The van der Waals surface area contributed by atoms with Crippen LogP contribution in [0.4, 0.5) is 0 Å². The number of imidazole rings is 1. The van der Waals surface area contributed by atoms with E-state index in [0.29, 0.717) is 6.54 Å². The molecule has 0 aliphatic carbocycles. The number of halogens is 1. The summed E-state index contributed by atoms with van der Waals surface area (Å²) in [6.07, 6.45) is 9.63. The Morgan fingerprint density at radius 3 is 2.59 bits per heavy atom. The lowest BCUT2D eigenvalue weighted by Crippen LogP contribution is -2.42. The molecule has 0 radical (unpaired) electrons. The molecule has 2 aromatic rings. The van der Waals surface area contributed by atoms with Crippen LogP contribution >= 0.6 is 24.0 Å². The average molecular weight is 483 g/mol. The van der Waals surface area contributed by atoms with Crippen molar-refractivity contribution in [3.63, 3.8) is 0 Å². The Bertz CT molecular complexity index is 705. The van der Waals surface area contributed by atoms with Crippen LogP contribution in [-0.4, -0.2) is 58.6 Å². The Hall–Kier alpha value is -1.68. The van der Waals surface area contributed by atoms with Gasteiger partial charge in [0.25, 0.3) is 0 Å². The van der Waals surface area contributed by atoms with Gasteiger partial charge in [0.05, 0.1) is 0 Å². The van der Waals surface area contributed by atoms with Crippen LogP contribution in [-0.2, 0) is 6.54 Å². The SMILES string of the molecule is CN=C(NCCN1CCCCC1)NCc1ccc(-n2ccnc2C)nc1.I. The summed E-state index contributed by atoms with van der Waals surface area (Å²) >= 11 is 0. The molecule has 0 saturated carbocycles. The first kappa shape index (κ1) is 21.6. The Morgan fingerprint density at radius 2 is 1.96 bits per heavy atom. The molecule has 0 aromatic carbocycles. The van der Waals surface area contributed by atoms with Crippen LogP contribution < -0.4 is 10.6 Å². The second kappa shape index (κ2) is 11.2. The molecule has 1 saturated heterocycles. The van der Waals surface area contributed by atoms with Crippen LogP contribution in [0.3, 0.4) is 0 Å². The maximum absolute atomic E-state index is 4.53. The largest absolute Gasteiger partial charge is 0.355 e. The molecule has 2 N–H and O–H groups in total. The lowest BCUT2D eigenvalue weighted by Gasteiger charge is -2.26. The van der Waals surface area contributed by atoms with E-state index in [4.69, 9.17) is 0 Å². The van der Waals surface area contributed by atoms with Crippen molar-refractivity contribution in [3.05, 3.63) is 42.1 Å². The van der Waals surface area contributed by atoms with Crippen LogP contribution in [0, 0.1) is 6.92 Å². The standard InChI is InChI=1S/C19H29N7.HI/c1-16-21-9-13-26(16)18-7-6-17(14-23-18)15-24-19(20-2)22-8-12-25-10-4-3-5-11-25;/h6-7,9,13-14H,3-5,8,10-12,15H2,1-2H3,(H2,20,22,24);1H. The number of pyridine rings is 1. The average Bonchev–Trinajstić information content (AvgIpc) is 3.12. The predicted molar refractivity (Wildman–Crippen MR) is 120 cm³/mol. The Kier molecular flexibility index (Phi) is 8.99. The van der Waals surface area contributed by atoms with Crippen molar-refractivity contribution in [1.82, 2.24) is 30.1 Å². The molecule has 0 spiro atoms. The molecule has 0 bridgehead atoms. The fourth-order valence-electron chi connectivity index (χ4n) is 3.21. The minimum absolute atomic E-state index is 0. The minimum atomic E-state index is 0. The van der Waals surface area contributed by atoms with Gasteiger partial charge in [-0.05, 0) is 44.5 Å². The second-order valence-electron chi connectivity index (χ2n) is 6.62. The number of likely N-dealkylation sites (tertiary alicyclic amines) is 1. The van der Waals surface area contributed by atoms with Gasteiger partial charge in [-0.3, -0.25) is 9.56 Å². The van der Waals surface area contributed by atoms with E-state index in [-0.39, 0.29) is 24.0 Å². The van der Waals surface area contributed by atoms with Crippen molar-refractivity contribution >= 4 is 29.9 Å². The summed E-state index contributed by atoms with van der Waals surface area (Å²) in [6, 6.07) is 4.09. The highest BCUT2D eigenvalue weighted by atomic mass is 127. The van der Waals surface area contributed by atoms with Crippen molar-refractivity contribution in [2.75, 3.05) is 33.2 Å². The van der Waals surface area contributed by atoms with Crippen LogP contribution in [0.5, 0.6) is 0 Å². The van der Waals surface area contributed by atoms with Crippen LogP contribution in [0.1, 0.15) is 30.7 Å². The smallest absolute Gasteiger partial charge is 0.191 e. The summed E-state index contributed by atoms with van der Waals surface area (Å²) in [4.78, 5) is 15.6. The predicted octanol–water partition coefficient (Wildman–Crippen LogP) is 2.34. The normalized spacial score (nSPS) is 15.3. The monoisotopic (exact) mass is 483 g/mol. The number of aromatic nitrogens is 3. The van der Waals surface area contributed by atoms with Gasteiger partial charge in [-0.15, -0.1) is 24.0 Å². The third-order valence-electron chi connectivity index (χ3n) is 4.73. The van der Waals surface area contributed by atoms with Gasteiger partial charge in [0, 0.05) is 45.3 Å². The summed E-state index contributed by atoms with van der Waals surface area (Å²) in [7, 11) is 1.80. The Balaban J connectivity index is 0.00000261. The Morgan fingerprint density at radius 1 is 1.15 bits per heavy atom. The molecule has 0 atom stereocenters. The first-order chi connectivity index (χ1) is 12.8. The lowest BCUT2D eigenvalue weighted by atomic mass is 10.1. The maximum atomic E-state index is 4.53. The zero-order chi connectivity index (χ0) is 18.2. The highest BCUT2D eigenvalue weighted by Crippen LogP contribution is 2.08. The van der Waals surface area contributed by atoms with Gasteiger partial charge in [-0.1, -0.05) is 12.5 Å². The summed E-state index contributed by atoms with van der Waals surface area (Å²) < 4.78 is 1.97. The molecule has 1 aliphatic rings. The molecule has 3 heterocycles. The molecule has 8 heteroatoms. The number of nitrogens with one attached hydrogen (secondary N) is 2. The molecular formula is C19H30IN7. The summed E-state index contributed by atoms with van der Waals surface area (Å²) in [6.45, 7) is 7.10.